The molecule has 0 radical (unpaired) electrons. The van der Waals surface area contributed by atoms with E-state index in [0.29, 0.717) is 27.4 Å². The summed E-state index contributed by atoms with van der Waals surface area (Å²) in [5.74, 6) is -0.00290. The number of fused-ring (bicyclic) bond motifs is 2. The second kappa shape index (κ2) is 5.91. The molecule has 0 unspecified atom stereocenters. The quantitative estimate of drug-likeness (QED) is 0.304. The van der Waals surface area contributed by atoms with Crippen LogP contribution < -0.4 is 11.1 Å². The summed E-state index contributed by atoms with van der Waals surface area (Å²) in [6.07, 6.45) is 4.55. The van der Waals surface area contributed by atoms with Gasteiger partial charge in [0.15, 0.2) is 11.3 Å². The third-order valence-corrected chi connectivity index (χ3v) is 4.75. The molecule has 0 atom stereocenters. The van der Waals surface area contributed by atoms with Gasteiger partial charge in [-0.05, 0) is 13.8 Å². The zero-order chi connectivity index (χ0) is 18.3. The van der Waals surface area contributed by atoms with Gasteiger partial charge in [-0.2, -0.15) is 9.97 Å². The minimum absolute atomic E-state index is 0.0938. The summed E-state index contributed by atoms with van der Waals surface area (Å²) in [5, 5.41) is 3.25. The van der Waals surface area contributed by atoms with Crippen LogP contribution in [0.2, 0.25) is 0 Å². The normalized spacial score (nSPS) is 11.9. The molecule has 5 N–H and O–H groups in total. The van der Waals surface area contributed by atoms with E-state index in [-0.39, 0.29) is 17.8 Å². The number of anilines is 2. The number of thioether (sulfide) groups is 1. The van der Waals surface area contributed by atoms with Gasteiger partial charge in [0.2, 0.25) is 17.8 Å². The summed E-state index contributed by atoms with van der Waals surface area (Å²) in [6.45, 7) is 3.53. The van der Waals surface area contributed by atoms with Crippen molar-refractivity contribution in [1.82, 2.24) is 39.9 Å². The summed E-state index contributed by atoms with van der Waals surface area (Å²) < 4.78 is -0.884. The highest BCUT2D eigenvalue weighted by molar-refractivity contribution is 8.01. The second-order valence-corrected chi connectivity index (χ2v) is 7.50. The van der Waals surface area contributed by atoms with Gasteiger partial charge in [-0.15, -0.1) is 0 Å². The highest BCUT2D eigenvalue weighted by Gasteiger charge is 2.31. The SMILES string of the molecule is CC(C)(Sc1nc(N)nc2nc[nH]c12)C(=O)Nc1ncc2nc[nH]c2n1. The minimum atomic E-state index is -0.884. The van der Waals surface area contributed by atoms with Gasteiger partial charge >= 0.3 is 0 Å². The Morgan fingerprint density at radius 2 is 1.96 bits per heavy atom. The van der Waals surface area contributed by atoms with Crippen LogP contribution in [0, 0.1) is 0 Å². The highest BCUT2D eigenvalue weighted by Crippen LogP contribution is 2.35. The lowest BCUT2D eigenvalue weighted by Crippen LogP contribution is -2.34. The van der Waals surface area contributed by atoms with E-state index in [1.165, 1.54) is 30.6 Å². The number of amides is 1. The molecule has 4 aromatic heterocycles. The number of nitrogens with zero attached hydrogens (tertiary/aromatic N) is 6. The third-order valence-electron chi connectivity index (χ3n) is 3.57. The van der Waals surface area contributed by atoms with E-state index in [2.05, 4.69) is 45.2 Å². The number of carbonyl (C=O) groups excluding carboxylic acids is 1. The van der Waals surface area contributed by atoms with Crippen molar-refractivity contribution in [1.29, 1.82) is 0 Å². The fourth-order valence-electron chi connectivity index (χ4n) is 2.24. The number of carbonyl (C=O) groups is 1. The largest absolute Gasteiger partial charge is 0.368 e. The standard InChI is InChI=1S/C14H14N10OS/c1-14(2,26-10-7-9(20-5-18-7)21-12(15)23-10)11(25)24-13-16-3-6-8(22-13)19-4-17-6/h3-5H,1-2H3,(H3,15,18,20,21,23)(H2,16,17,19,22,24,25). The summed E-state index contributed by atoms with van der Waals surface area (Å²) in [4.78, 5) is 43.3. The number of aromatic amines is 2. The summed E-state index contributed by atoms with van der Waals surface area (Å²) in [5.41, 5.74) is 7.96. The van der Waals surface area contributed by atoms with Gasteiger partial charge in [-0.1, -0.05) is 11.8 Å². The monoisotopic (exact) mass is 370 g/mol. The van der Waals surface area contributed by atoms with Crippen molar-refractivity contribution >= 4 is 51.9 Å². The first-order chi connectivity index (χ1) is 12.4. The Morgan fingerprint density at radius 3 is 2.81 bits per heavy atom. The zero-order valence-electron chi connectivity index (χ0n) is 13.8. The summed E-state index contributed by atoms with van der Waals surface area (Å²) in [7, 11) is 0. The molecular formula is C14H14N10OS. The van der Waals surface area contributed by atoms with Gasteiger partial charge in [0.1, 0.15) is 16.1 Å². The molecule has 1 amide bonds. The molecule has 0 aliphatic carbocycles. The fourth-order valence-corrected chi connectivity index (χ4v) is 3.25. The molecule has 4 aromatic rings. The van der Waals surface area contributed by atoms with Crippen molar-refractivity contribution in [3.63, 3.8) is 0 Å². The number of hydrogen-bond donors (Lipinski definition) is 4. The molecule has 0 aliphatic heterocycles. The van der Waals surface area contributed by atoms with Gasteiger partial charge in [0.05, 0.1) is 23.6 Å². The lowest BCUT2D eigenvalue weighted by molar-refractivity contribution is -0.117. The van der Waals surface area contributed by atoms with E-state index >= 15 is 0 Å². The minimum Gasteiger partial charge on any atom is -0.368 e. The van der Waals surface area contributed by atoms with Crippen molar-refractivity contribution in [3.8, 4) is 0 Å². The van der Waals surface area contributed by atoms with Crippen LogP contribution in [0.25, 0.3) is 22.3 Å². The van der Waals surface area contributed by atoms with Crippen LogP contribution in [0.1, 0.15) is 13.8 Å². The van der Waals surface area contributed by atoms with E-state index < -0.39 is 4.75 Å². The lowest BCUT2D eigenvalue weighted by Gasteiger charge is -2.22. The topological polar surface area (TPSA) is 164 Å². The predicted molar refractivity (Wildman–Crippen MR) is 96.3 cm³/mol. The molecule has 0 saturated heterocycles. The Hall–Kier alpha value is -3.28. The van der Waals surface area contributed by atoms with Crippen molar-refractivity contribution in [2.75, 3.05) is 11.1 Å². The number of nitrogen functional groups attached to an aromatic ring is 1. The van der Waals surface area contributed by atoms with Crippen molar-refractivity contribution in [2.45, 2.75) is 23.6 Å². The first-order valence-corrected chi connectivity index (χ1v) is 8.37. The molecule has 0 fully saturated rings. The average Bonchev–Trinajstić information content (AvgIpc) is 3.22. The number of rotatable bonds is 4. The fraction of sp³-hybridized carbons (Fsp3) is 0.214. The van der Waals surface area contributed by atoms with E-state index in [1.807, 2.05) is 0 Å². The maximum Gasteiger partial charge on any atom is 0.242 e. The average molecular weight is 370 g/mol. The van der Waals surface area contributed by atoms with Gasteiger partial charge in [0.25, 0.3) is 0 Å². The summed E-state index contributed by atoms with van der Waals surface area (Å²) in [6, 6.07) is 0. The summed E-state index contributed by atoms with van der Waals surface area (Å²) >= 11 is 1.24. The van der Waals surface area contributed by atoms with Gasteiger partial charge in [0, 0.05) is 0 Å². The highest BCUT2D eigenvalue weighted by atomic mass is 32.2. The smallest absolute Gasteiger partial charge is 0.242 e. The molecule has 4 heterocycles. The molecule has 0 aliphatic rings. The molecule has 0 aromatic carbocycles. The van der Waals surface area contributed by atoms with Crippen LogP contribution in [0.3, 0.4) is 0 Å². The lowest BCUT2D eigenvalue weighted by atomic mass is 10.2. The van der Waals surface area contributed by atoms with Crippen LogP contribution in [-0.2, 0) is 4.79 Å². The van der Waals surface area contributed by atoms with E-state index in [9.17, 15) is 4.79 Å². The first kappa shape index (κ1) is 16.2. The zero-order valence-corrected chi connectivity index (χ0v) is 14.6. The molecule has 0 bridgehead atoms. The van der Waals surface area contributed by atoms with Crippen LogP contribution >= 0.6 is 11.8 Å². The number of aromatic nitrogens is 8. The van der Waals surface area contributed by atoms with E-state index in [4.69, 9.17) is 5.73 Å². The molecule has 12 heteroatoms. The number of hydrogen-bond acceptors (Lipinski definition) is 9. The third kappa shape index (κ3) is 2.90. The molecule has 132 valence electrons. The number of nitrogens with two attached hydrogens (primary N) is 1. The molecule has 4 rings (SSSR count). The van der Waals surface area contributed by atoms with Gasteiger partial charge in [-0.3, -0.25) is 10.1 Å². The second-order valence-electron chi connectivity index (χ2n) is 5.88. The molecule has 0 saturated carbocycles. The van der Waals surface area contributed by atoms with Gasteiger partial charge in [-0.25, -0.2) is 19.9 Å². The number of nitrogens with one attached hydrogen (secondary N) is 3. The van der Waals surface area contributed by atoms with Crippen LogP contribution in [0.15, 0.2) is 23.9 Å². The van der Waals surface area contributed by atoms with Crippen molar-refractivity contribution in [2.24, 2.45) is 0 Å². The van der Waals surface area contributed by atoms with E-state index in [0.717, 1.165) is 0 Å². The van der Waals surface area contributed by atoms with Gasteiger partial charge < -0.3 is 15.7 Å². The molecule has 26 heavy (non-hydrogen) atoms. The maximum atomic E-state index is 12.7. The van der Waals surface area contributed by atoms with E-state index in [1.54, 1.807) is 13.8 Å². The Kier molecular flexibility index (Phi) is 3.68. The maximum absolute atomic E-state index is 12.7. The van der Waals surface area contributed by atoms with Crippen molar-refractivity contribution < 1.29 is 4.79 Å². The van der Waals surface area contributed by atoms with Crippen LogP contribution in [0.4, 0.5) is 11.9 Å². The molecular weight excluding hydrogens is 356 g/mol. The van der Waals surface area contributed by atoms with Crippen LogP contribution in [0.5, 0.6) is 0 Å². The Morgan fingerprint density at radius 1 is 1.15 bits per heavy atom. The number of H-pyrrole nitrogens is 2. The molecule has 0 spiro atoms. The predicted octanol–water partition coefficient (Wildman–Crippen LogP) is 1.11. The Labute approximate surface area is 150 Å². The van der Waals surface area contributed by atoms with Crippen LogP contribution in [-0.4, -0.2) is 50.5 Å². The Balaban J connectivity index is 1.58. The van der Waals surface area contributed by atoms with Crippen molar-refractivity contribution in [3.05, 3.63) is 18.9 Å². The Bertz CT molecular complexity index is 1120. The number of imidazole rings is 2. The first-order valence-electron chi connectivity index (χ1n) is 7.55. The molecule has 11 nitrogen and oxygen atoms in total.